The van der Waals surface area contributed by atoms with Gasteiger partial charge in [0.1, 0.15) is 0 Å². The highest BCUT2D eigenvalue weighted by Gasteiger charge is 2.04. The second-order valence-electron chi connectivity index (χ2n) is 4.29. The summed E-state index contributed by atoms with van der Waals surface area (Å²) in [5.41, 5.74) is 2.08. The molecule has 0 spiro atoms. The third-order valence-electron chi connectivity index (χ3n) is 3.02. The van der Waals surface area contributed by atoms with Crippen molar-refractivity contribution in [3.05, 3.63) is 45.0 Å². The summed E-state index contributed by atoms with van der Waals surface area (Å²) in [6.07, 6.45) is 4.48. The van der Waals surface area contributed by atoms with Gasteiger partial charge in [0.2, 0.25) is 4.77 Å². The molecule has 0 fully saturated rings. The summed E-state index contributed by atoms with van der Waals surface area (Å²) in [7, 11) is 0. The normalized spacial score (nSPS) is 11.7. The second kappa shape index (κ2) is 5.34. The molecule has 0 saturated carbocycles. The van der Waals surface area contributed by atoms with Gasteiger partial charge < -0.3 is 4.98 Å². The maximum atomic E-state index is 5.17. The first kappa shape index (κ1) is 13.3. The molecule has 0 amide bonds. The number of aromatic nitrogens is 4. The van der Waals surface area contributed by atoms with Crippen LogP contribution in [0.3, 0.4) is 0 Å². The lowest BCUT2D eigenvalue weighted by Crippen LogP contribution is -1.97. The van der Waals surface area contributed by atoms with Gasteiger partial charge in [-0.2, -0.15) is 14.9 Å². The third-order valence-corrected chi connectivity index (χ3v) is 3.78. The Morgan fingerprint density at radius 3 is 3.15 bits per heavy atom. The Morgan fingerprint density at radius 1 is 1.50 bits per heavy atom. The van der Waals surface area contributed by atoms with E-state index in [1.807, 2.05) is 25.3 Å². The van der Waals surface area contributed by atoms with Crippen molar-refractivity contribution in [2.24, 2.45) is 5.10 Å². The molecule has 3 rings (SSSR count). The molecule has 3 aromatic rings. The second-order valence-corrected chi connectivity index (χ2v) is 5.59. The van der Waals surface area contributed by atoms with Crippen molar-refractivity contribution in [1.82, 2.24) is 19.9 Å². The van der Waals surface area contributed by atoms with E-state index in [4.69, 9.17) is 12.2 Å². The van der Waals surface area contributed by atoms with E-state index >= 15 is 0 Å². The van der Waals surface area contributed by atoms with E-state index in [0.717, 1.165) is 33.2 Å². The molecule has 2 N–H and O–H groups in total. The molecule has 0 saturated heterocycles. The minimum absolute atomic E-state index is 0.499. The van der Waals surface area contributed by atoms with Crippen LogP contribution in [-0.4, -0.2) is 26.1 Å². The molecule has 5 nitrogen and oxygen atoms in total. The number of H-pyrrole nitrogens is 2. The summed E-state index contributed by atoms with van der Waals surface area (Å²) < 4.78 is 3.18. The maximum Gasteiger partial charge on any atom is 0.216 e. The molecule has 0 unspecified atom stereocenters. The number of hydrogen-bond donors (Lipinski definition) is 2. The van der Waals surface area contributed by atoms with Crippen LogP contribution < -0.4 is 0 Å². The maximum absolute atomic E-state index is 5.17. The van der Waals surface area contributed by atoms with Crippen LogP contribution in [0.5, 0.6) is 0 Å². The molecule has 2 aromatic heterocycles. The zero-order valence-electron chi connectivity index (χ0n) is 10.7. The van der Waals surface area contributed by atoms with E-state index in [2.05, 4.69) is 42.3 Å². The predicted octanol–water partition coefficient (Wildman–Crippen LogP) is 3.63. The number of benzene rings is 1. The van der Waals surface area contributed by atoms with Crippen molar-refractivity contribution in [2.45, 2.75) is 13.3 Å². The number of nitrogens with zero attached hydrogens (tertiary/aromatic N) is 3. The Kier molecular flexibility index (Phi) is 3.54. The van der Waals surface area contributed by atoms with Crippen LogP contribution in [0.1, 0.15) is 18.3 Å². The number of halogens is 1. The van der Waals surface area contributed by atoms with E-state index < -0.39 is 0 Å². The molecule has 20 heavy (non-hydrogen) atoms. The number of rotatable bonds is 3. The smallest absolute Gasteiger partial charge is 0.216 e. The van der Waals surface area contributed by atoms with Gasteiger partial charge in [0.15, 0.2) is 5.82 Å². The lowest BCUT2D eigenvalue weighted by Gasteiger charge is -1.96. The van der Waals surface area contributed by atoms with Crippen LogP contribution in [0, 0.1) is 4.77 Å². The first-order valence-corrected chi connectivity index (χ1v) is 7.36. The molecule has 0 atom stereocenters. The number of nitrogens with one attached hydrogen (secondary N) is 2. The highest BCUT2D eigenvalue weighted by atomic mass is 79.9. The van der Waals surface area contributed by atoms with Crippen LogP contribution in [0.2, 0.25) is 0 Å². The van der Waals surface area contributed by atoms with E-state index in [0.29, 0.717) is 4.77 Å². The summed E-state index contributed by atoms with van der Waals surface area (Å²) in [6, 6.07) is 6.08. The van der Waals surface area contributed by atoms with Gasteiger partial charge in [-0.3, -0.25) is 5.10 Å². The van der Waals surface area contributed by atoms with Crippen molar-refractivity contribution in [2.75, 3.05) is 0 Å². The monoisotopic (exact) mass is 349 g/mol. The molecule has 2 heterocycles. The molecule has 1 aromatic carbocycles. The summed E-state index contributed by atoms with van der Waals surface area (Å²) in [4.78, 5) is 3.22. The van der Waals surface area contributed by atoms with E-state index in [-0.39, 0.29) is 0 Å². The van der Waals surface area contributed by atoms with Gasteiger partial charge in [-0.05, 0) is 30.4 Å². The topological polar surface area (TPSA) is 61.8 Å². The molecule has 102 valence electrons. The van der Waals surface area contributed by atoms with Crippen LogP contribution in [-0.2, 0) is 6.42 Å². The van der Waals surface area contributed by atoms with Gasteiger partial charge in [0.05, 0.1) is 6.21 Å². The highest BCUT2D eigenvalue weighted by Crippen LogP contribution is 2.21. The van der Waals surface area contributed by atoms with Crippen LogP contribution in [0.25, 0.3) is 10.9 Å². The van der Waals surface area contributed by atoms with E-state index in [9.17, 15) is 0 Å². The number of aromatic amines is 2. The number of aryl methyl sites for hydroxylation is 1. The Balaban J connectivity index is 2.04. The van der Waals surface area contributed by atoms with E-state index in [1.54, 1.807) is 10.9 Å². The highest BCUT2D eigenvalue weighted by molar-refractivity contribution is 9.10. The van der Waals surface area contributed by atoms with Gasteiger partial charge in [-0.1, -0.05) is 22.9 Å². The molecular weight excluding hydrogens is 338 g/mol. The standard InChI is InChI=1S/C13H12BrN5S/c1-2-12-17-18-13(20)19(12)16-7-8-6-15-11-4-3-9(14)5-10(8)11/h3-7,15H,2H2,1H3,(H,18,20)/b16-7+. The van der Waals surface area contributed by atoms with E-state index in [1.165, 1.54) is 0 Å². The Bertz CT molecular complexity index is 842. The van der Waals surface area contributed by atoms with Crippen molar-refractivity contribution < 1.29 is 0 Å². The molecular formula is C13H12BrN5S. The van der Waals surface area contributed by atoms with Gasteiger partial charge in [0, 0.05) is 33.6 Å². The fraction of sp³-hybridized carbons (Fsp3) is 0.154. The Labute approximate surface area is 128 Å². The first-order chi connectivity index (χ1) is 9.69. The average molecular weight is 350 g/mol. The molecule has 0 aliphatic rings. The number of hydrogen-bond acceptors (Lipinski definition) is 3. The Morgan fingerprint density at radius 2 is 2.35 bits per heavy atom. The fourth-order valence-corrected chi connectivity index (χ4v) is 2.57. The lowest BCUT2D eigenvalue weighted by molar-refractivity contribution is 0.780. The molecule has 0 aliphatic carbocycles. The zero-order chi connectivity index (χ0) is 14.1. The van der Waals surface area contributed by atoms with Crippen molar-refractivity contribution in [3.63, 3.8) is 0 Å². The lowest BCUT2D eigenvalue weighted by atomic mass is 10.2. The SMILES string of the molecule is CCc1n[nH]c(=S)n1/N=C/c1c[nH]c2ccc(Br)cc12. The summed E-state index contributed by atoms with van der Waals surface area (Å²) in [5, 5.41) is 12.4. The number of fused-ring (bicyclic) bond motifs is 1. The third kappa shape index (κ3) is 2.34. The van der Waals surface area contributed by atoms with Crippen LogP contribution in [0.4, 0.5) is 0 Å². The van der Waals surface area contributed by atoms with Gasteiger partial charge >= 0.3 is 0 Å². The van der Waals surface area contributed by atoms with Gasteiger partial charge in [-0.15, -0.1) is 0 Å². The molecule has 0 aliphatic heterocycles. The minimum atomic E-state index is 0.499. The predicted molar refractivity (Wildman–Crippen MR) is 85.8 cm³/mol. The van der Waals surface area contributed by atoms with Crippen molar-refractivity contribution in [1.29, 1.82) is 0 Å². The van der Waals surface area contributed by atoms with Crippen LogP contribution >= 0.6 is 28.1 Å². The fourth-order valence-electron chi connectivity index (χ4n) is 2.01. The van der Waals surface area contributed by atoms with Crippen molar-refractivity contribution >= 4 is 45.3 Å². The van der Waals surface area contributed by atoms with Gasteiger partial charge in [0.25, 0.3) is 0 Å². The molecule has 7 heteroatoms. The minimum Gasteiger partial charge on any atom is -0.361 e. The first-order valence-electron chi connectivity index (χ1n) is 6.16. The molecule has 0 bridgehead atoms. The molecule has 0 radical (unpaired) electrons. The van der Waals surface area contributed by atoms with Gasteiger partial charge in [-0.25, -0.2) is 0 Å². The van der Waals surface area contributed by atoms with Crippen LogP contribution in [0.15, 0.2) is 34.0 Å². The Hall–Kier alpha value is -1.73. The zero-order valence-corrected chi connectivity index (χ0v) is 13.1. The summed E-state index contributed by atoms with van der Waals surface area (Å²) in [6.45, 7) is 2.01. The largest absolute Gasteiger partial charge is 0.361 e. The van der Waals surface area contributed by atoms with Crippen molar-refractivity contribution in [3.8, 4) is 0 Å². The summed E-state index contributed by atoms with van der Waals surface area (Å²) in [5.74, 6) is 0.812. The average Bonchev–Trinajstić information content (AvgIpc) is 3.00. The quantitative estimate of drug-likeness (QED) is 0.560. The summed E-state index contributed by atoms with van der Waals surface area (Å²) >= 11 is 8.65.